The van der Waals surface area contributed by atoms with Gasteiger partial charge in [-0.05, 0) is 45.1 Å². The van der Waals surface area contributed by atoms with Gasteiger partial charge < -0.3 is 35.8 Å². The van der Waals surface area contributed by atoms with Crippen molar-refractivity contribution in [2.75, 3.05) is 27.2 Å². The summed E-state index contributed by atoms with van der Waals surface area (Å²) in [6.07, 6.45) is -5.79. The molecule has 0 bridgehead atoms. The van der Waals surface area contributed by atoms with Gasteiger partial charge in [-0.25, -0.2) is 4.79 Å². The summed E-state index contributed by atoms with van der Waals surface area (Å²) in [5.74, 6) is -5.57. The van der Waals surface area contributed by atoms with Crippen LogP contribution in [-0.4, -0.2) is 108 Å². The van der Waals surface area contributed by atoms with Crippen LogP contribution in [0, 0.1) is 5.92 Å². The highest BCUT2D eigenvalue weighted by Gasteiger charge is 2.51. The fraction of sp³-hybridized carbons (Fsp3) is 0.581. The Balaban J connectivity index is 1.99. The molecule has 0 saturated carbocycles. The van der Waals surface area contributed by atoms with Crippen molar-refractivity contribution in [2.45, 2.75) is 83.4 Å². The van der Waals surface area contributed by atoms with Crippen molar-refractivity contribution in [1.82, 2.24) is 31.1 Å². The third kappa shape index (κ3) is 10.4. The molecule has 0 aromatic heterocycles. The summed E-state index contributed by atoms with van der Waals surface area (Å²) in [5.41, 5.74) is -2.32. The van der Waals surface area contributed by atoms with Crippen LogP contribution >= 0.6 is 0 Å². The molecule has 266 valence electrons. The predicted molar refractivity (Wildman–Crippen MR) is 165 cm³/mol. The maximum Gasteiger partial charge on any atom is 0.427 e. The zero-order valence-corrected chi connectivity index (χ0v) is 27.9. The van der Waals surface area contributed by atoms with E-state index in [2.05, 4.69) is 26.0 Å². The minimum absolute atomic E-state index is 0.0864. The number of likely N-dealkylation sites (N-methyl/N-ethyl adjacent to an activating group) is 1. The SMILES string of the molecule is CC(NC(=O)C1CCCN1C(=O)C(NC(=O)OC(C)(C)C(F)(F)F)C(C)C)C(=O)C(=O)NCC(=O)NC(C(=O)N(C)C)c1ccccc1. The summed E-state index contributed by atoms with van der Waals surface area (Å²) in [7, 11) is 3.03. The molecule has 0 radical (unpaired) electrons. The van der Waals surface area contributed by atoms with Crippen LogP contribution in [-0.2, 0) is 33.5 Å². The molecule has 0 spiro atoms. The van der Waals surface area contributed by atoms with Gasteiger partial charge in [0.2, 0.25) is 35.0 Å². The second kappa shape index (κ2) is 16.4. The molecule has 14 nitrogen and oxygen atoms in total. The van der Waals surface area contributed by atoms with Crippen molar-refractivity contribution in [3.05, 3.63) is 35.9 Å². The molecular weight excluding hydrogens is 641 g/mol. The van der Waals surface area contributed by atoms with E-state index in [0.717, 1.165) is 4.90 Å². The van der Waals surface area contributed by atoms with Gasteiger partial charge in [-0.15, -0.1) is 0 Å². The van der Waals surface area contributed by atoms with Crippen LogP contribution < -0.4 is 21.3 Å². The van der Waals surface area contributed by atoms with Gasteiger partial charge >= 0.3 is 12.3 Å². The molecule has 48 heavy (non-hydrogen) atoms. The summed E-state index contributed by atoms with van der Waals surface area (Å²) in [6.45, 7) is 5.09. The molecule has 2 rings (SSSR count). The lowest BCUT2D eigenvalue weighted by atomic mass is 10.0. The molecule has 17 heteroatoms. The zero-order chi connectivity index (χ0) is 36.6. The number of amides is 6. The number of hydrogen-bond donors (Lipinski definition) is 4. The number of alkyl carbamates (subject to hydrolysis) is 1. The number of rotatable bonds is 13. The minimum Gasteiger partial charge on any atom is -0.434 e. The second-order valence-electron chi connectivity index (χ2n) is 12.4. The summed E-state index contributed by atoms with van der Waals surface area (Å²) in [5, 5.41) is 9.23. The average molecular weight is 685 g/mol. The Morgan fingerprint density at radius 1 is 0.958 bits per heavy atom. The lowest BCUT2D eigenvalue weighted by molar-refractivity contribution is -0.244. The molecule has 4 unspecified atom stereocenters. The van der Waals surface area contributed by atoms with Crippen LogP contribution in [0.5, 0.6) is 0 Å². The first-order valence-corrected chi connectivity index (χ1v) is 15.2. The third-order valence-electron chi connectivity index (χ3n) is 7.59. The first-order chi connectivity index (χ1) is 22.2. The number of ketones is 1. The largest absolute Gasteiger partial charge is 0.434 e. The molecule has 0 aliphatic carbocycles. The minimum atomic E-state index is -4.87. The number of nitrogens with zero attached hydrogens (tertiary/aromatic N) is 2. The quantitative estimate of drug-likeness (QED) is 0.224. The van der Waals surface area contributed by atoms with Crippen molar-refractivity contribution < 1.29 is 51.5 Å². The smallest absolute Gasteiger partial charge is 0.427 e. The predicted octanol–water partition coefficient (Wildman–Crippen LogP) is 1.20. The first-order valence-electron chi connectivity index (χ1n) is 15.2. The van der Waals surface area contributed by atoms with E-state index >= 15 is 0 Å². The standard InChI is InChI=1S/C31H43F3N6O8/c1-17(2)22(38-29(47)48-30(4,5)31(32,33)34)28(46)40-15-11-14-20(40)25(43)36-18(3)24(42)26(44)35-16-21(41)37-23(27(45)39(6)7)19-12-9-8-10-13-19/h8-10,12-13,17-18,20,22-23H,11,14-16H2,1-7H3,(H,35,44)(H,36,43)(H,37,41)(H,38,47). The molecular formula is C31H43F3N6O8. The number of nitrogens with one attached hydrogen (secondary N) is 4. The fourth-order valence-corrected chi connectivity index (χ4v) is 4.66. The van der Waals surface area contributed by atoms with Gasteiger partial charge in [-0.2, -0.15) is 13.2 Å². The van der Waals surface area contributed by atoms with Crippen LogP contribution in [0.25, 0.3) is 0 Å². The van der Waals surface area contributed by atoms with E-state index in [1.165, 1.54) is 25.9 Å². The number of carbonyl (C=O) groups is 7. The number of ether oxygens (including phenoxy) is 1. The van der Waals surface area contributed by atoms with Crippen LogP contribution in [0.2, 0.25) is 0 Å². The van der Waals surface area contributed by atoms with Gasteiger partial charge in [0.25, 0.3) is 5.91 Å². The molecule has 1 aliphatic heterocycles. The van der Waals surface area contributed by atoms with Crippen molar-refractivity contribution in [1.29, 1.82) is 0 Å². The maximum atomic E-state index is 13.4. The van der Waals surface area contributed by atoms with Gasteiger partial charge in [-0.1, -0.05) is 44.2 Å². The zero-order valence-electron chi connectivity index (χ0n) is 27.9. The number of carbonyl (C=O) groups excluding carboxylic acids is 7. The topological polar surface area (TPSA) is 183 Å². The van der Waals surface area contributed by atoms with Crippen LogP contribution in [0.4, 0.5) is 18.0 Å². The van der Waals surface area contributed by atoms with Gasteiger partial charge in [0.1, 0.15) is 18.1 Å². The van der Waals surface area contributed by atoms with Crippen molar-refractivity contribution in [2.24, 2.45) is 5.92 Å². The number of benzene rings is 1. The van der Waals surface area contributed by atoms with E-state index in [4.69, 9.17) is 0 Å². The average Bonchev–Trinajstić information content (AvgIpc) is 3.50. The Morgan fingerprint density at radius 3 is 2.10 bits per heavy atom. The maximum absolute atomic E-state index is 13.4. The van der Waals surface area contributed by atoms with Gasteiger partial charge in [0, 0.05) is 20.6 Å². The molecule has 4 atom stereocenters. The molecule has 6 amide bonds. The first kappa shape index (κ1) is 39.5. The Bertz CT molecular complexity index is 1370. The summed E-state index contributed by atoms with van der Waals surface area (Å²) in [6, 6.07) is 3.55. The van der Waals surface area contributed by atoms with E-state index in [0.29, 0.717) is 25.8 Å². The van der Waals surface area contributed by atoms with Gasteiger partial charge in [0.15, 0.2) is 0 Å². The Hall–Kier alpha value is -4.70. The molecule has 1 saturated heterocycles. The van der Waals surface area contributed by atoms with E-state index in [-0.39, 0.29) is 13.0 Å². The Labute approximate surface area is 276 Å². The van der Waals surface area contributed by atoms with Crippen LogP contribution in [0.15, 0.2) is 30.3 Å². The van der Waals surface area contributed by atoms with Gasteiger partial charge in [-0.3, -0.25) is 28.8 Å². The van der Waals surface area contributed by atoms with E-state index < -0.39 is 89.8 Å². The normalized spacial score (nSPS) is 16.6. The summed E-state index contributed by atoms with van der Waals surface area (Å²) >= 11 is 0. The number of hydrogen-bond acceptors (Lipinski definition) is 8. The monoisotopic (exact) mass is 684 g/mol. The Kier molecular flexibility index (Phi) is 13.5. The highest BCUT2D eigenvalue weighted by molar-refractivity contribution is 6.38. The fourth-order valence-electron chi connectivity index (χ4n) is 4.66. The molecule has 1 fully saturated rings. The Morgan fingerprint density at radius 2 is 1.56 bits per heavy atom. The number of Topliss-reactive ketones (excluding diaryl/α,β-unsaturated/α-hetero) is 1. The number of likely N-dealkylation sites (tertiary alicyclic amines) is 1. The third-order valence-corrected chi connectivity index (χ3v) is 7.59. The van der Waals surface area contributed by atoms with Crippen LogP contribution in [0.1, 0.15) is 59.1 Å². The van der Waals surface area contributed by atoms with E-state index in [9.17, 15) is 46.7 Å². The second-order valence-corrected chi connectivity index (χ2v) is 12.4. The molecule has 1 aliphatic rings. The molecule has 1 aromatic rings. The lowest BCUT2D eigenvalue weighted by Gasteiger charge is -2.32. The van der Waals surface area contributed by atoms with E-state index in [1.54, 1.807) is 44.2 Å². The summed E-state index contributed by atoms with van der Waals surface area (Å²) in [4.78, 5) is 91.7. The molecule has 1 aromatic carbocycles. The van der Waals surface area contributed by atoms with Crippen molar-refractivity contribution in [3.63, 3.8) is 0 Å². The highest BCUT2D eigenvalue weighted by atomic mass is 19.4. The molecule has 4 N–H and O–H groups in total. The number of alkyl halides is 3. The highest BCUT2D eigenvalue weighted by Crippen LogP contribution is 2.33. The molecule has 1 heterocycles. The summed E-state index contributed by atoms with van der Waals surface area (Å²) < 4.78 is 44.0. The van der Waals surface area contributed by atoms with E-state index in [1.807, 2.05) is 0 Å². The van der Waals surface area contributed by atoms with Crippen molar-refractivity contribution >= 4 is 41.4 Å². The van der Waals surface area contributed by atoms with Crippen molar-refractivity contribution in [3.8, 4) is 0 Å². The number of halogens is 3. The van der Waals surface area contributed by atoms with Gasteiger partial charge in [0.05, 0.1) is 12.6 Å². The lowest BCUT2D eigenvalue weighted by Crippen LogP contribution is -2.57. The van der Waals surface area contributed by atoms with Crippen LogP contribution in [0.3, 0.4) is 0 Å².